The predicted molar refractivity (Wildman–Crippen MR) is 73.5 cm³/mol. The summed E-state index contributed by atoms with van der Waals surface area (Å²) in [7, 11) is 0. The normalized spacial score (nSPS) is 27.1. The molecule has 2 fully saturated rings. The highest BCUT2D eigenvalue weighted by molar-refractivity contribution is 5.20. The number of rotatable bonds is 1. The van der Waals surface area contributed by atoms with Gasteiger partial charge in [-0.15, -0.1) is 0 Å². The standard InChI is InChI=1S/C16H22FNO/c17-14-7-5-13(6-8-14)15-11-18-12-16(19-15)9-3-1-2-4-10-16/h5-8,15,18H,1-4,9-12H2. The molecule has 1 aromatic carbocycles. The van der Waals surface area contributed by atoms with Crippen LogP contribution >= 0.6 is 0 Å². The molecule has 1 aliphatic heterocycles. The van der Waals surface area contributed by atoms with E-state index in [1.165, 1.54) is 37.8 Å². The average molecular weight is 263 g/mol. The predicted octanol–water partition coefficient (Wildman–Crippen LogP) is 3.58. The van der Waals surface area contributed by atoms with E-state index in [0.717, 1.165) is 31.5 Å². The summed E-state index contributed by atoms with van der Waals surface area (Å²) in [4.78, 5) is 0. The van der Waals surface area contributed by atoms with Crippen molar-refractivity contribution in [2.45, 2.75) is 50.2 Å². The maximum Gasteiger partial charge on any atom is 0.123 e. The Hall–Kier alpha value is -0.930. The van der Waals surface area contributed by atoms with Crippen molar-refractivity contribution in [3.05, 3.63) is 35.6 Å². The van der Waals surface area contributed by atoms with E-state index in [-0.39, 0.29) is 17.5 Å². The largest absolute Gasteiger partial charge is 0.364 e. The zero-order valence-corrected chi connectivity index (χ0v) is 11.3. The molecule has 1 N–H and O–H groups in total. The summed E-state index contributed by atoms with van der Waals surface area (Å²) in [6.07, 6.45) is 7.54. The van der Waals surface area contributed by atoms with Crippen molar-refractivity contribution < 1.29 is 9.13 Å². The van der Waals surface area contributed by atoms with Gasteiger partial charge in [0, 0.05) is 13.1 Å². The van der Waals surface area contributed by atoms with Gasteiger partial charge < -0.3 is 10.1 Å². The molecular formula is C16H22FNO. The SMILES string of the molecule is Fc1ccc(C2CNCC3(CCCCCC3)O2)cc1. The second kappa shape index (κ2) is 5.59. The van der Waals surface area contributed by atoms with E-state index >= 15 is 0 Å². The third-order valence-corrected chi connectivity index (χ3v) is 4.43. The Morgan fingerprint density at radius 2 is 1.74 bits per heavy atom. The van der Waals surface area contributed by atoms with Crippen molar-refractivity contribution in [1.82, 2.24) is 5.32 Å². The summed E-state index contributed by atoms with van der Waals surface area (Å²) in [5.41, 5.74) is 1.09. The molecule has 1 unspecified atom stereocenters. The molecule has 3 rings (SSSR count). The number of nitrogens with one attached hydrogen (secondary N) is 1. The Balaban J connectivity index is 1.75. The highest BCUT2D eigenvalue weighted by Crippen LogP contribution is 2.36. The van der Waals surface area contributed by atoms with Crippen LogP contribution in [0.4, 0.5) is 4.39 Å². The summed E-state index contributed by atoms with van der Waals surface area (Å²) >= 11 is 0. The van der Waals surface area contributed by atoms with Gasteiger partial charge in [-0.05, 0) is 30.5 Å². The molecule has 0 bridgehead atoms. The Kier molecular flexibility index (Phi) is 3.85. The number of ether oxygens (including phenoxy) is 1. The summed E-state index contributed by atoms with van der Waals surface area (Å²) in [6, 6.07) is 6.73. The molecule has 1 atom stereocenters. The van der Waals surface area contributed by atoms with Crippen LogP contribution in [0.2, 0.25) is 0 Å². The van der Waals surface area contributed by atoms with Crippen LogP contribution in [0.3, 0.4) is 0 Å². The Labute approximate surface area is 114 Å². The summed E-state index contributed by atoms with van der Waals surface area (Å²) < 4.78 is 19.4. The topological polar surface area (TPSA) is 21.3 Å². The van der Waals surface area contributed by atoms with Gasteiger partial charge in [0.15, 0.2) is 0 Å². The highest BCUT2D eigenvalue weighted by Gasteiger charge is 2.37. The lowest BCUT2D eigenvalue weighted by Crippen LogP contribution is -2.50. The Morgan fingerprint density at radius 1 is 1.05 bits per heavy atom. The van der Waals surface area contributed by atoms with Crippen molar-refractivity contribution >= 4 is 0 Å². The smallest absolute Gasteiger partial charge is 0.123 e. The summed E-state index contributed by atoms with van der Waals surface area (Å²) in [5, 5.41) is 3.52. The van der Waals surface area contributed by atoms with E-state index in [2.05, 4.69) is 5.32 Å². The fourth-order valence-corrected chi connectivity index (χ4v) is 3.35. The monoisotopic (exact) mass is 263 g/mol. The lowest BCUT2D eigenvalue weighted by molar-refractivity contribution is -0.126. The second-order valence-corrected chi connectivity index (χ2v) is 5.89. The van der Waals surface area contributed by atoms with Crippen LogP contribution in [0, 0.1) is 5.82 Å². The second-order valence-electron chi connectivity index (χ2n) is 5.89. The Morgan fingerprint density at radius 3 is 2.42 bits per heavy atom. The third kappa shape index (κ3) is 2.98. The van der Waals surface area contributed by atoms with Gasteiger partial charge in [-0.3, -0.25) is 0 Å². The molecule has 1 heterocycles. The van der Waals surface area contributed by atoms with Gasteiger partial charge in [-0.1, -0.05) is 37.8 Å². The molecule has 2 aliphatic rings. The van der Waals surface area contributed by atoms with Gasteiger partial charge in [0.1, 0.15) is 5.82 Å². The van der Waals surface area contributed by atoms with Crippen LogP contribution in [0.25, 0.3) is 0 Å². The zero-order chi connectivity index (χ0) is 13.1. The van der Waals surface area contributed by atoms with Crippen LogP contribution in [-0.2, 0) is 4.74 Å². The van der Waals surface area contributed by atoms with Crippen molar-refractivity contribution in [2.24, 2.45) is 0 Å². The van der Waals surface area contributed by atoms with E-state index in [0.29, 0.717) is 0 Å². The first-order valence-corrected chi connectivity index (χ1v) is 7.41. The lowest BCUT2D eigenvalue weighted by atomic mass is 9.91. The molecule has 1 aliphatic carbocycles. The molecule has 0 amide bonds. The molecule has 2 nitrogen and oxygen atoms in total. The van der Waals surface area contributed by atoms with Crippen molar-refractivity contribution in [3.63, 3.8) is 0 Å². The van der Waals surface area contributed by atoms with E-state index in [4.69, 9.17) is 4.74 Å². The number of hydrogen-bond acceptors (Lipinski definition) is 2. The quantitative estimate of drug-likeness (QED) is 0.836. The molecule has 0 radical (unpaired) electrons. The third-order valence-electron chi connectivity index (χ3n) is 4.43. The molecule has 1 spiro atoms. The minimum absolute atomic E-state index is 0.00774. The zero-order valence-electron chi connectivity index (χ0n) is 11.3. The average Bonchev–Trinajstić information content (AvgIpc) is 2.65. The fourth-order valence-electron chi connectivity index (χ4n) is 3.35. The van der Waals surface area contributed by atoms with Gasteiger partial charge in [0.2, 0.25) is 0 Å². The molecule has 104 valence electrons. The van der Waals surface area contributed by atoms with Crippen LogP contribution in [0.15, 0.2) is 24.3 Å². The minimum Gasteiger partial charge on any atom is -0.364 e. The lowest BCUT2D eigenvalue weighted by Gasteiger charge is -2.41. The highest BCUT2D eigenvalue weighted by atomic mass is 19.1. The molecule has 19 heavy (non-hydrogen) atoms. The maximum absolute atomic E-state index is 13.0. The van der Waals surface area contributed by atoms with E-state index in [9.17, 15) is 4.39 Å². The van der Waals surface area contributed by atoms with Crippen LogP contribution in [0.1, 0.15) is 50.2 Å². The van der Waals surface area contributed by atoms with Gasteiger partial charge >= 0.3 is 0 Å². The van der Waals surface area contributed by atoms with E-state index in [1.54, 1.807) is 0 Å². The molecule has 3 heteroatoms. The summed E-state index contributed by atoms with van der Waals surface area (Å²) in [6.45, 7) is 1.79. The van der Waals surface area contributed by atoms with Gasteiger partial charge in [0.25, 0.3) is 0 Å². The molecule has 1 aromatic rings. The minimum atomic E-state index is -0.184. The van der Waals surface area contributed by atoms with Gasteiger partial charge in [0.05, 0.1) is 11.7 Å². The van der Waals surface area contributed by atoms with Crippen molar-refractivity contribution in [2.75, 3.05) is 13.1 Å². The van der Waals surface area contributed by atoms with Crippen LogP contribution < -0.4 is 5.32 Å². The van der Waals surface area contributed by atoms with Crippen LogP contribution in [-0.4, -0.2) is 18.7 Å². The first-order chi connectivity index (χ1) is 9.27. The van der Waals surface area contributed by atoms with Crippen molar-refractivity contribution in [1.29, 1.82) is 0 Å². The van der Waals surface area contributed by atoms with E-state index < -0.39 is 0 Å². The van der Waals surface area contributed by atoms with Crippen LogP contribution in [0.5, 0.6) is 0 Å². The fraction of sp³-hybridized carbons (Fsp3) is 0.625. The Bertz CT molecular complexity index is 409. The molecule has 1 saturated carbocycles. The number of morpholine rings is 1. The first-order valence-electron chi connectivity index (χ1n) is 7.41. The van der Waals surface area contributed by atoms with E-state index in [1.807, 2.05) is 12.1 Å². The molecule has 0 aromatic heterocycles. The van der Waals surface area contributed by atoms with Gasteiger partial charge in [-0.2, -0.15) is 0 Å². The maximum atomic E-state index is 13.0. The first kappa shape index (κ1) is 13.1. The van der Waals surface area contributed by atoms with Crippen molar-refractivity contribution in [3.8, 4) is 0 Å². The number of benzene rings is 1. The molecule has 1 saturated heterocycles. The number of hydrogen-bond donors (Lipinski definition) is 1. The molecular weight excluding hydrogens is 241 g/mol. The summed E-state index contributed by atoms with van der Waals surface area (Å²) in [5.74, 6) is -0.184. The number of halogens is 1. The van der Waals surface area contributed by atoms with Gasteiger partial charge in [-0.25, -0.2) is 4.39 Å².